The van der Waals surface area contributed by atoms with E-state index in [1.165, 1.54) is 0 Å². The van der Waals surface area contributed by atoms with E-state index >= 15 is 0 Å². The summed E-state index contributed by atoms with van der Waals surface area (Å²) in [6, 6.07) is 6.10. The standard InChI is InChI=1S/C16H25NO2/c1-4-6-10-19-16-12-15(18-9-5-2)8-7-14(16)11-13(3)17/h4,6-8,12-13H,5,9-11,17H2,1-3H3/b6-4+. The summed E-state index contributed by atoms with van der Waals surface area (Å²) in [5, 5.41) is 0. The summed E-state index contributed by atoms with van der Waals surface area (Å²) in [4.78, 5) is 0. The zero-order valence-electron chi connectivity index (χ0n) is 12.2. The molecule has 1 aromatic rings. The average Bonchev–Trinajstić information content (AvgIpc) is 2.38. The lowest BCUT2D eigenvalue weighted by atomic mass is 10.1. The first kappa shape index (κ1) is 15.6. The molecule has 1 rings (SSSR count). The van der Waals surface area contributed by atoms with Crippen LogP contribution in [-0.2, 0) is 6.42 Å². The minimum absolute atomic E-state index is 0.117. The summed E-state index contributed by atoms with van der Waals surface area (Å²) in [6.45, 7) is 7.36. The van der Waals surface area contributed by atoms with Crippen LogP contribution in [0.5, 0.6) is 11.5 Å². The Kier molecular flexibility index (Phi) is 7.04. The fourth-order valence-electron chi connectivity index (χ4n) is 1.73. The minimum Gasteiger partial charge on any atom is -0.493 e. The highest BCUT2D eigenvalue weighted by Crippen LogP contribution is 2.26. The first-order chi connectivity index (χ1) is 9.17. The van der Waals surface area contributed by atoms with Crippen LogP contribution in [0.2, 0.25) is 0 Å². The molecule has 0 amide bonds. The number of allylic oxidation sites excluding steroid dienone is 1. The van der Waals surface area contributed by atoms with Crippen LogP contribution in [0.15, 0.2) is 30.4 Å². The van der Waals surface area contributed by atoms with Crippen molar-refractivity contribution in [2.75, 3.05) is 13.2 Å². The van der Waals surface area contributed by atoms with E-state index in [9.17, 15) is 0 Å². The van der Waals surface area contributed by atoms with Gasteiger partial charge in [0.2, 0.25) is 0 Å². The Bertz CT molecular complexity index is 400. The Hall–Kier alpha value is -1.48. The zero-order chi connectivity index (χ0) is 14.1. The number of benzene rings is 1. The summed E-state index contributed by atoms with van der Waals surface area (Å²) >= 11 is 0. The molecule has 1 unspecified atom stereocenters. The number of ether oxygens (including phenoxy) is 2. The lowest BCUT2D eigenvalue weighted by Crippen LogP contribution is -2.18. The molecule has 0 aromatic heterocycles. The number of hydrogen-bond acceptors (Lipinski definition) is 3. The summed E-state index contributed by atoms with van der Waals surface area (Å²) in [7, 11) is 0. The maximum Gasteiger partial charge on any atom is 0.126 e. The Balaban J connectivity index is 2.83. The second-order valence-electron chi connectivity index (χ2n) is 4.68. The van der Waals surface area contributed by atoms with Crippen molar-refractivity contribution in [3.05, 3.63) is 35.9 Å². The second kappa shape index (κ2) is 8.59. The van der Waals surface area contributed by atoms with E-state index in [4.69, 9.17) is 15.2 Å². The molecule has 0 bridgehead atoms. The maximum absolute atomic E-state index is 5.87. The highest BCUT2D eigenvalue weighted by Gasteiger charge is 2.08. The van der Waals surface area contributed by atoms with Gasteiger partial charge in [-0.3, -0.25) is 0 Å². The van der Waals surface area contributed by atoms with Crippen molar-refractivity contribution >= 4 is 0 Å². The second-order valence-corrected chi connectivity index (χ2v) is 4.68. The van der Waals surface area contributed by atoms with Gasteiger partial charge in [0.05, 0.1) is 6.61 Å². The van der Waals surface area contributed by atoms with Crippen LogP contribution in [0, 0.1) is 0 Å². The van der Waals surface area contributed by atoms with E-state index in [2.05, 4.69) is 6.92 Å². The first-order valence-electron chi connectivity index (χ1n) is 6.92. The van der Waals surface area contributed by atoms with Crippen molar-refractivity contribution in [1.82, 2.24) is 0 Å². The van der Waals surface area contributed by atoms with Gasteiger partial charge in [-0.15, -0.1) is 0 Å². The smallest absolute Gasteiger partial charge is 0.126 e. The largest absolute Gasteiger partial charge is 0.493 e. The monoisotopic (exact) mass is 263 g/mol. The summed E-state index contributed by atoms with van der Waals surface area (Å²) < 4.78 is 11.4. The Morgan fingerprint density at radius 2 is 2.11 bits per heavy atom. The van der Waals surface area contributed by atoms with E-state index in [1.54, 1.807) is 0 Å². The molecule has 3 heteroatoms. The van der Waals surface area contributed by atoms with Crippen LogP contribution in [0.25, 0.3) is 0 Å². The van der Waals surface area contributed by atoms with Gasteiger partial charge >= 0.3 is 0 Å². The van der Waals surface area contributed by atoms with Crippen molar-refractivity contribution in [3.63, 3.8) is 0 Å². The lowest BCUT2D eigenvalue weighted by molar-refractivity contribution is 0.311. The SMILES string of the molecule is C/C=C/COc1cc(OCCC)ccc1CC(C)N. The number of hydrogen-bond donors (Lipinski definition) is 1. The van der Waals surface area contributed by atoms with Crippen molar-refractivity contribution in [2.45, 2.75) is 39.7 Å². The quantitative estimate of drug-likeness (QED) is 0.732. The van der Waals surface area contributed by atoms with Gasteiger partial charge in [-0.05, 0) is 38.3 Å². The summed E-state index contributed by atoms with van der Waals surface area (Å²) in [6.07, 6.45) is 5.76. The van der Waals surface area contributed by atoms with Crippen molar-refractivity contribution in [2.24, 2.45) is 5.73 Å². The molecule has 0 radical (unpaired) electrons. The zero-order valence-corrected chi connectivity index (χ0v) is 12.2. The highest BCUT2D eigenvalue weighted by molar-refractivity contribution is 5.41. The third kappa shape index (κ3) is 5.79. The molecular weight excluding hydrogens is 238 g/mol. The van der Waals surface area contributed by atoms with Crippen molar-refractivity contribution < 1.29 is 9.47 Å². The first-order valence-corrected chi connectivity index (χ1v) is 6.92. The topological polar surface area (TPSA) is 44.5 Å². The molecule has 0 aliphatic rings. The fraction of sp³-hybridized carbons (Fsp3) is 0.500. The van der Waals surface area contributed by atoms with Gasteiger partial charge in [-0.2, -0.15) is 0 Å². The van der Waals surface area contributed by atoms with Gasteiger partial charge in [0.1, 0.15) is 18.1 Å². The maximum atomic E-state index is 5.87. The predicted octanol–water partition coefficient (Wildman–Crippen LogP) is 3.32. The molecule has 1 aromatic carbocycles. The molecule has 0 spiro atoms. The molecule has 0 aliphatic carbocycles. The van der Waals surface area contributed by atoms with Gasteiger partial charge in [0.15, 0.2) is 0 Å². The summed E-state index contributed by atoms with van der Waals surface area (Å²) in [5.74, 6) is 1.72. The molecule has 106 valence electrons. The molecule has 1 atom stereocenters. The molecule has 0 fully saturated rings. The Morgan fingerprint density at radius 3 is 2.74 bits per heavy atom. The number of rotatable bonds is 8. The van der Waals surface area contributed by atoms with Crippen molar-refractivity contribution in [1.29, 1.82) is 0 Å². The molecule has 19 heavy (non-hydrogen) atoms. The molecular formula is C16H25NO2. The highest BCUT2D eigenvalue weighted by atomic mass is 16.5. The van der Waals surface area contributed by atoms with E-state index in [0.29, 0.717) is 6.61 Å². The van der Waals surface area contributed by atoms with Crippen LogP contribution >= 0.6 is 0 Å². The summed E-state index contributed by atoms with van der Waals surface area (Å²) in [5.41, 5.74) is 6.99. The lowest BCUT2D eigenvalue weighted by Gasteiger charge is -2.14. The Labute approximate surface area is 116 Å². The van der Waals surface area contributed by atoms with Crippen LogP contribution in [0.3, 0.4) is 0 Å². The van der Waals surface area contributed by atoms with Gasteiger partial charge in [0.25, 0.3) is 0 Å². The molecule has 3 nitrogen and oxygen atoms in total. The van der Waals surface area contributed by atoms with Crippen molar-refractivity contribution in [3.8, 4) is 11.5 Å². The predicted molar refractivity (Wildman–Crippen MR) is 79.9 cm³/mol. The van der Waals surface area contributed by atoms with Crippen LogP contribution < -0.4 is 15.2 Å². The molecule has 0 saturated heterocycles. The fourth-order valence-corrected chi connectivity index (χ4v) is 1.73. The van der Waals surface area contributed by atoms with E-state index in [0.717, 1.165) is 36.5 Å². The third-order valence-electron chi connectivity index (χ3n) is 2.62. The van der Waals surface area contributed by atoms with Crippen LogP contribution in [-0.4, -0.2) is 19.3 Å². The number of nitrogens with two attached hydrogens (primary N) is 1. The molecule has 0 aliphatic heterocycles. The Morgan fingerprint density at radius 1 is 1.32 bits per heavy atom. The normalized spacial score (nSPS) is 12.6. The van der Waals surface area contributed by atoms with E-state index in [1.807, 2.05) is 44.2 Å². The third-order valence-corrected chi connectivity index (χ3v) is 2.62. The van der Waals surface area contributed by atoms with E-state index in [-0.39, 0.29) is 6.04 Å². The average molecular weight is 263 g/mol. The van der Waals surface area contributed by atoms with Gasteiger partial charge < -0.3 is 15.2 Å². The molecule has 2 N–H and O–H groups in total. The van der Waals surface area contributed by atoms with Gasteiger partial charge in [-0.25, -0.2) is 0 Å². The van der Waals surface area contributed by atoms with Crippen LogP contribution in [0.4, 0.5) is 0 Å². The van der Waals surface area contributed by atoms with Gasteiger partial charge in [-0.1, -0.05) is 25.1 Å². The molecule has 0 heterocycles. The van der Waals surface area contributed by atoms with Gasteiger partial charge in [0, 0.05) is 12.1 Å². The minimum atomic E-state index is 0.117. The van der Waals surface area contributed by atoms with Crippen LogP contribution in [0.1, 0.15) is 32.8 Å². The molecule has 0 saturated carbocycles. The van der Waals surface area contributed by atoms with E-state index < -0.39 is 0 Å².